The summed E-state index contributed by atoms with van der Waals surface area (Å²) in [7, 11) is 3.33. The van der Waals surface area contributed by atoms with Crippen LogP contribution in [-0.4, -0.2) is 53.8 Å². The lowest BCUT2D eigenvalue weighted by molar-refractivity contribution is -0.129. The molecule has 1 aromatic rings. The topological polar surface area (TPSA) is 53.5 Å². The predicted octanol–water partition coefficient (Wildman–Crippen LogP) is 1.39. The Hall–Kier alpha value is -1.43. The van der Waals surface area contributed by atoms with E-state index in [2.05, 4.69) is 20.9 Å². The van der Waals surface area contributed by atoms with Gasteiger partial charge >= 0.3 is 0 Å². The van der Waals surface area contributed by atoms with Crippen LogP contribution in [0.15, 0.2) is 22.8 Å². The number of likely N-dealkylation sites (N-methyl/N-ethyl adjacent to an activating group) is 2. The fourth-order valence-electron chi connectivity index (χ4n) is 1.32. The van der Waals surface area contributed by atoms with Crippen LogP contribution < -0.4 is 0 Å². The van der Waals surface area contributed by atoms with E-state index in [1.807, 2.05) is 6.92 Å². The summed E-state index contributed by atoms with van der Waals surface area (Å²) in [4.78, 5) is 30.8. The lowest BCUT2D eigenvalue weighted by Crippen LogP contribution is -2.40. The molecule has 5 nitrogen and oxygen atoms in total. The number of amides is 2. The Morgan fingerprint density at radius 2 is 2.06 bits per heavy atom. The Balaban J connectivity index is 2.87. The maximum atomic E-state index is 12.2. The molecule has 6 heteroatoms. The van der Waals surface area contributed by atoms with Crippen LogP contribution in [-0.2, 0) is 4.79 Å². The minimum absolute atomic E-state index is 0.0609. The number of hydrogen-bond donors (Lipinski definition) is 0. The third kappa shape index (κ3) is 3.53. The number of rotatable bonds is 4. The summed E-state index contributed by atoms with van der Waals surface area (Å²) in [6, 6.07) is 3.49. The smallest absolute Gasteiger partial charge is 0.274 e. The Kier molecular flexibility index (Phi) is 5.27. The average Bonchev–Trinajstić information content (AvgIpc) is 2.35. The Morgan fingerprint density at radius 3 is 2.56 bits per heavy atom. The number of carbonyl (C=O) groups excluding carboxylic acids is 2. The molecule has 0 atom stereocenters. The van der Waals surface area contributed by atoms with Gasteiger partial charge in [0.2, 0.25) is 5.91 Å². The lowest BCUT2D eigenvalue weighted by Gasteiger charge is -2.22. The highest BCUT2D eigenvalue weighted by Gasteiger charge is 2.20. The molecule has 0 spiro atoms. The van der Waals surface area contributed by atoms with Crippen LogP contribution in [0.25, 0.3) is 0 Å². The summed E-state index contributed by atoms with van der Waals surface area (Å²) in [5.41, 5.74) is 0.325. The molecule has 0 unspecified atom stereocenters. The van der Waals surface area contributed by atoms with E-state index in [0.29, 0.717) is 16.7 Å². The van der Waals surface area contributed by atoms with Crippen molar-refractivity contribution in [3.05, 3.63) is 28.5 Å². The van der Waals surface area contributed by atoms with Crippen molar-refractivity contribution in [3.63, 3.8) is 0 Å². The highest BCUT2D eigenvalue weighted by atomic mass is 79.9. The van der Waals surface area contributed by atoms with Gasteiger partial charge in [0.25, 0.3) is 5.91 Å². The number of aromatic nitrogens is 1. The number of hydrogen-bond acceptors (Lipinski definition) is 3. The molecule has 0 aliphatic carbocycles. The van der Waals surface area contributed by atoms with Gasteiger partial charge in [0.15, 0.2) is 0 Å². The number of nitrogens with zero attached hydrogens (tertiary/aromatic N) is 3. The molecular weight excluding hydrogens is 298 g/mol. The van der Waals surface area contributed by atoms with Gasteiger partial charge in [0.05, 0.1) is 0 Å². The zero-order valence-electron chi connectivity index (χ0n) is 10.7. The summed E-state index contributed by atoms with van der Waals surface area (Å²) in [5, 5.41) is 0. The molecule has 0 N–H and O–H groups in total. The highest BCUT2D eigenvalue weighted by Crippen LogP contribution is 2.15. The van der Waals surface area contributed by atoms with E-state index in [1.54, 1.807) is 32.4 Å². The van der Waals surface area contributed by atoms with Crippen molar-refractivity contribution in [3.8, 4) is 0 Å². The van der Waals surface area contributed by atoms with Gasteiger partial charge in [-0.05, 0) is 35.0 Å². The first-order valence-electron chi connectivity index (χ1n) is 5.57. The lowest BCUT2D eigenvalue weighted by atomic mass is 10.3. The van der Waals surface area contributed by atoms with Crippen molar-refractivity contribution in [2.24, 2.45) is 0 Å². The van der Waals surface area contributed by atoms with Crippen molar-refractivity contribution >= 4 is 27.7 Å². The van der Waals surface area contributed by atoms with E-state index in [-0.39, 0.29) is 18.4 Å². The summed E-state index contributed by atoms with van der Waals surface area (Å²) in [6.07, 6.45) is 1.56. The molecule has 1 rings (SSSR count). The summed E-state index contributed by atoms with van der Waals surface area (Å²) >= 11 is 3.28. The van der Waals surface area contributed by atoms with Crippen LogP contribution in [0.2, 0.25) is 0 Å². The second-order valence-electron chi connectivity index (χ2n) is 3.94. The molecule has 0 aliphatic rings. The summed E-state index contributed by atoms with van der Waals surface area (Å²) in [6.45, 7) is 2.35. The summed E-state index contributed by atoms with van der Waals surface area (Å²) < 4.78 is 0.630. The first-order valence-corrected chi connectivity index (χ1v) is 6.36. The number of carbonyl (C=O) groups is 2. The van der Waals surface area contributed by atoms with Crippen molar-refractivity contribution in [1.29, 1.82) is 0 Å². The summed E-state index contributed by atoms with van der Waals surface area (Å²) in [5.74, 6) is -0.363. The van der Waals surface area contributed by atoms with Crippen LogP contribution in [0.5, 0.6) is 0 Å². The molecule has 0 radical (unpaired) electrons. The van der Waals surface area contributed by atoms with Gasteiger partial charge in [0, 0.05) is 31.3 Å². The molecule has 98 valence electrons. The fraction of sp³-hybridized carbons (Fsp3) is 0.417. The van der Waals surface area contributed by atoms with E-state index >= 15 is 0 Å². The van der Waals surface area contributed by atoms with Gasteiger partial charge in [-0.2, -0.15) is 0 Å². The van der Waals surface area contributed by atoms with Crippen molar-refractivity contribution in [2.45, 2.75) is 6.92 Å². The minimum Gasteiger partial charge on any atom is -0.347 e. The van der Waals surface area contributed by atoms with E-state index in [9.17, 15) is 9.59 Å². The van der Waals surface area contributed by atoms with Crippen LogP contribution in [0, 0.1) is 0 Å². The number of pyridine rings is 1. The van der Waals surface area contributed by atoms with Gasteiger partial charge in [-0.15, -0.1) is 0 Å². The fourth-order valence-corrected chi connectivity index (χ4v) is 1.75. The molecule has 0 aromatic carbocycles. The highest BCUT2D eigenvalue weighted by molar-refractivity contribution is 9.10. The van der Waals surface area contributed by atoms with E-state index < -0.39 is 0 Å². The zero-order valence-corrected chi connectivity index (χ0v) is 12.3. The van der Waals surface area contributed by atoms with Crippen LogP contribution in [0.1, 0.15) is 17.4 Å². The van der Waals surface area contributed by atoms with Gasteiger partial charge < -0.3 is 9.80 Å². The predicted molar refractivity (Wildman–Crippen MR) is 72.2 cm³/mol. The van der Waals surface area contributed by atoms with Crippen LogP contribution >= 0.6 is 15.9 Å². The Bertz CT molecular complexity index is 449. The molecule has 0 bridgehead atoms. The molecule has 1 heterocycles. The molecule has 0 aliphatic heterocycles. The molecule has 0 fully saturated rings. The molecule has 0 saturated heterocycles. The second-order valence-corrected chi connectivity index (χ2v) is 4.80. The Labute approximate surface area is 115 Å². The van der Waals surface area contributed by atoms with E-state index in [0.717, 1.165) is 0 Å². The first kappa shape index (κ1) is 14.6. The molecule has 1 aromatic heterocycles. The molecule has 2 amide bonds. The van der Waals surface area contributed by atoms with Crippen LogP contribution in [0.4, 0.5) is 0 Å². The zero-order chi connectivity index (χ0) is 13.7. The van der Waals surface area contributed by atoms with E-state index in [4.69, 9.17) is 0 Å². The first-order chi connectivity index (χ1) is 8.47. The maximum absolute atomic E-state index is 12.2. The number of halogens is 1. The van der Waals surface area contributed by atoms with Crippen molar-refractivity contribution in [1.82, 2.24) is 14.8 Å². The van der Waals surface area contributed by atoms with Crippen molar-refractivity contribution in [2.75, 3.05) is 27.2 Å². The van der Waals surface area contributed by atoms with Gasteiger partial charge in [0.1, 0.15) is 12.2 Å². The van der Waals surface area contributed by atoms with Crippen molar-refractivity contribution < 1.29 is 9.59 Å². The van der Waals surface area contributed by atoms with Gasteiger partial charge in [-0.1, -0.05) is 0 Å². The molecule has 0 saturated carbocycles. The minimum atomic E-state index is -0.250. The Morgan fingerprint density at radius 1 is 1.39 bits per heavy atom. The normalized spacial score (nSPS) is 10.0. The van der Waals surface area contributed by atoms with E-state index in [1.165, 1.54) is 9.80 Å². The monoisotopic (exact) mass is 313 g/mol. The third-order valence-corrected chi connectivity index (χ3v) is 3.09. The molecule has 18 heavy (non-hydrogen) atoms. The van der Waals surface area contributed by atoms with Crippen LogP contribution in [0.3, 0.4) is 0 Å². The second kappa shape index (κ2) is 6.49. The largest absolute Gasteiger partial charge is 0.347 e. The third-order valence-electron chi connectivity index (χ3n) is 2.45. The van der Waals surface area contributed by atoms with Gasteiger partial charge in [-0.25, -0.2) is 4.98 Å². The molecular formula is C12H16BrN3O2. The average molecular weight is 314 g/mol. The SMILES string of the molecule is CCN(CC(=O)N(C)C)C(=O)c1ncccc1Br. The standard InChI is InChI=1S/C12H16BrN3O2/c1-4-16(8-10(17)15(2)3)12(18)11-9(13)6-5-7-14-11/h5-7H,4,8H2,1-3H3. The maximum Gasteiger partial charge on any atom is 0.274 e. The van der Waals surface area contributed by atoms with Gasteiger partial charge in [-0.3, -0.25) is 9.59 Å². The quantitative estimate of drug-likeness (QED) is 0.844.